The van der Waals surface area contributed by atoms with Gasteiger partial charge < -0.3 is 4.90 Å². The topological polar surface area (TPSA) is 33.2 Å². The summed E-state index contributed by atoms with van der Waals surface area (Å²) in [6, 6.07) is 7.66. The summed E-state index contributed by atoms with van der Waals surface area (Å²) in [5.74, 6) is 0.186. The molecule has 0 spiro atoms. The SMILES string of the molecule is O=C(Cc1csc(-c2ccccc2Cl)n1)N1CCCCC1. The van der Waals surface area contributed by atoms with Gasteiger partial charge in [-0.05, 0) is 25.3 Å². The number of nitrogens with zero attached hydrogens (tertiary/aromatic N) is 2. The minimum Gasteiger partial charge on any atom is -0.342 e. The van der Waals surface area contributed by atoms with Gasteiger partial charge in [0.05, 0.1) is 17.1 Å². The van der Waals surface area contributed by atoms with E-state index in [0.717, 1.165) is 42.2 Å². The van der Waals surface area contributed by atoms with E-state index in [1.54, 1.807) is 0 Å². The van der Waals surface area contributed by atoms with Crippen LogP contribution < -0.4 is 0 Å². The second-order valence-electron chi connectivity index (χ2n) is 5.24. The summed E-state index contributed by atoms with van der Waals surface area (Å²) in [6.45, 7) is 1.78. The van der Waals surface area contributed by atoms with Crippen LogP contribution in [0, 0.1) is 0 Å². The maximum Gasteiger partial charge on any atom is 0.228 e. The van der Waals surface area contributed by atoms with Crippen LogP contribution in [0.25, 0.3) is 10.6 Å². The number of amides is 1. The Morgan fingerprint density at radius 3 is 2.76 bits per heavy atom. The molecule has 5 heteroatoms. The Labute approximate surface area is 133 Å². The average Bonchev–Trinajstić information content (AvgIpc) is 2.97. The van der Waals surface area contributed by atoms with E-state index >= 15 is 0 Å². The maximum atomic E-state index is 12.2. The van der Waals surface area contributed by atoms with E-state index in [1.165, 1.54) is 17.8 Å². The zero-order valence-electron chi connectivity index (χ0n) is 11.7. The smallest absolute Gasteiger partial charge is 0.228 e. The van der Waals surface area contributed by atoms with Crippen molar-refractivity contribution in [3.05, 3.63) is 40.4 Å². The van der Waals surface area contributed by atoms with E-state index in [0.29, 0.717) is 11.4 Å². The van der Waals surface area contributed by atoms with Gasteiger partial charge in [-0.3, -0.25) is 4.79 Å². The van der Waals surface area contributed by atoms with Gasteiger partial charge in [-0.1, -0.05) is 29.8 Å². The Balaban J connectivity index is 1.70. The Kier molecular flexibility index (Phi) is 4.56. The molecule has 1 aromatic carbocycles. The lowest BCUT2D eigenvalue weighted by Crippen LogP contribution is -2.36. The van der Waals surface area contributed by atoms with Crippen molar-refractivity contribution in [3.8, 4) is 10.6 Å². The molecule has 3 rings (SSSR count). The summed E-state index contributed by atoms with van der Waals surface area (Å²) in [6.07, 6.45) is 3.86. The molecular formula is C16H17ClN2OS. The van der Waals surface area contributed by atoms with Gasteiger partial charge in [0.2, 0.25) is 5.91 Å². The number of aromatic nitrogens is 1. The molecule has 21 heavy (non-hydrogen) atoms. The van der Waals surface area contributed by atoms with Crippen molar-refractivity contribution in [3.63, 3.8) is 0 Å². The number of hydrogen-bond donors (Lipinski definition) is 0. The van der Waals surface area contributed by atoms with Crippen molar-refractivity contribution >= 4 is 28.8 Å². The highest BCUT2D eigenvalue weighted by Gasteiger charge is 2.18. The number of carbonyl (C=O) groups is 1. The molecule has 110 valence electrons. The van der Waals surface area contributed by atoms with Gasteiger partial charge in [-0.2, -0.15) is 0 Å². The summed E-state index contributed by atoms with van der Waals surface area (Å²) in [4.78, 5) is 18.8. The molecule has 3 nitrogen and oxygen atoms in total. The highest BCUT2D eigenvalue weighted by molar-refractivity contribution is 7.13. The lowest BCUT2D eigenvalue weighted by Gasteiger charge is -2.26. The van der Waals surface area contributed by atoms with Gasteiger partial charge in [0.1, 0.15) is 5.01 Å². The van der Waals surface area contributed by atoms with Gasteiger partial charge in [0, 0.05) is 24.0 Å². The maximum absolute atomic E-state index is 12.2. The molecule has 1 amide bonds. The lowest BCUT2D eigenvalue weighted by atomic mass is 10.1. The van der Waals surface area contributed by atoms with E-state index in [1.807, 2.05) is 34.5 Å². The molecule has 2 aromatic rings. The molecule has 1 aliphatic rings. The number of rotatable bonds is 3. The molecule has 1 saturated heterocycles. The Hall–Kier alpha value is -1.39. The number of thiazole rings is 1. The third-order valence-corrected chi connectivity index (χ3v) is 4.95. The molecule has 1 aromatic heterocycles. The van der Waals surface area contributed by atoms with Gasteiger partial charge in [0.25, 0.3) is 0 Å². The standard InChI is InChI=1S/C16H17ClN2OS/c17-14-7-3-2-6-13(14)16-18-12(11-21-16)10-15(20)19-8-4-1-5-9-19/h2-3,6-7,11H,1,4-5,8-10H2. The molecule has 1 aliphatic heterocycles. The van der Waals surface area contributed by atoms with Crippen molar-refractivity contribution in [2.24, 2.45) is 0 Å². The van der Waals surface area contributed by atoms with E-state index in [4.69, 9.17) is 11.6 Å². The van der Waals surface area contributed by atoms with Crippen LogP contribution in [0.4, 0.5) is 0 Å². The predicted molar refractivity (Wildman–Crippen MR) is 86.7 cm³/mol. The summed E-state index contributed by atoms with van der Waals surface area (Å²) >= 11 is 7.73. The first-order chi connectivity index (χ1) is 10.2. The molecule has 0 atom stereocenters. The monoisotopic (exact) mass is 320 g/mol. The van der Waals surface area contributed by atoms with Crippen LogP contribution in [-0.2, 0) is 11.2 Å². The van der Waals surface area contributed by atoms with E-state index in [-0.39, 0.29) is 5.91 Å². The third-order valence-electron chi connectivity index (χ3n) is 3.70. The molecule has 0 radical (unpaired) electrons. The first-order valence-corrected chi connectivity index (χ1v) is 8.47. The molecule has 0 bridgehead atoms. The second-order valence-corrected chi connectivity index (χ2v) is 6.51. The highest BCUT2D eigenvalue weighted by Crippen LogP contribution is 2.30. The van der Waals surface area contributed by atoms with Crippen molar-refractivity contribution in [2.75, 3.05) is 13.1 Å². The van der Waals surface area contributed by atoms with Gasteiger partial charge in [-0.15, -0.1) is 11.3 Å². The predicted octanol–water partition coefficient (Wildman–Crippen LogP) is 4.02. The lowest BCUT2D eigenvalue weighted by molar-refractivity contribution is -0.131. The van der Waals surface area contributed by atoms with E-state index in [9.17, 15) is 4.79 Å². The number of hydrogen-bond acceptors (Lipinski definition) is 3. The van der Waals surface area contributed by atoms with Crippen LogP contribution in [0.1, 0.15) is 25.0 Å². The van der Waals surface area contributed by atoms with Crippen molar-refractivity contribution in [2.45, 2.75) is 25.7 Å². The minimum absolute atomic E-state index is 0.186. The van der Waals surface area contributed by atoms with Crippen molar-refractivity contribution in [1.82, 2.24) is 9.88 Å². The highest BCUT2D eigenvalue weighted by atomic mass is 35.5. The second kappa shape index (κ2) is 6.58. The van der Waals surface area contributed by atoms with Crippen LogP contribution in [0.15, 0.2) is 29.6 Å². The van der Waals surface area contributed by atoms with E-state index in [2.05, 4.69) is 4.98 Å². The van der Waals surface area contributed by atoms with Crippen LogP contribution in [0.2, 0.25) is 5.02 Å². The number of halogens is 1. The van der Waals surface area contributed by atoms with E-state index < -0.39 is 0 Å². The molecule has 0 unspecified atom stereocenters. The van der Waals surface area contributed by atoms with Crippen molar-refractivity contribution < 1.29 is 4.79 Å². The Bertz CT molecular complexity index is 635. The quantitative estimate of drug-likeness (QED) is 0.855. The molecule has 0 saturated carbocycles. The summed E-state index contributed by atoms with van der Waals surface area (Å²) in [5, 5.41) is 3.53. The first-order valence-electron chi connectivity index (χ1n) is 7.21. The number of likely N-dealkylation sites (tertiary alicyclic amines) is 1. The minimum atomic E-state index is 0.186. The zero-order valence-corrected chi connectivity index (χ0v) is 13.3. The van der Waals surface area contributed by atoms with Crippen LogP contribution in [-0.4, -0.2) is 28.9 Å². The summed E-state index contributed by atoms with van der Waals surface area (Å²) < 4.78 is 0. The number of piperidine rings is 1. The fraction of sp³-hybridized carbons (Fsp3) is 0.375. The van der Waals surface area contributed by atoms with Gasteiger partial charge >= 0.3 is 0 Å². The normalized spacial score (nSPS) is 15.2. The average molecular weight is 321 g/mol. The molecule has 2 heterocycles. The van der Waals surface area contributed by atoms with Crippen LogP contribution in [0.3, 0.4) is 0 Å². The molecule has 0 N–H and O–H groups in total. The first kappa shape index (κ1) is 14.5. The molecular weight excluding hydrogens is 304 g/mol. The fourth-order valence-electron chi connectivity index (χ4n) is 2.56. The van der Waals surface area contributed by atoms with Gasteiger partial charge in [0.15, 0.2) is 0 Å². The molecule has 0 aliphatic carbocycles. The van der Waals surface area contributed by atoms with Crippen LogP contribution in [0.5, 0.6) is 0 Å². The number of benzene rings is 1. The van der Waals surface area contributed by atoms with Crippen LogP contribution >= 0.6 is 22.9 Å². The summed E-state index contributed by atoms with van der Waals surface area (Å²) in [7, 11) is 0. The van der Waals surface area contributed by atoms with Crippen molar-refractivity contribution in [1.29, 1.82) is 0 Å². The Morgan fingerprint density at radius 1 is 1.24 bits per heavy atom. The Morgan fingerprint density at radius 2 is 2.00 bits per heavy atom. The third kappa shape index (κ3) is 3.44. The zero-order chi connectivity index (χ0) is 14.7. The van der Waals surface area contributed by atoms with Gasteiger partial charge in [-0.25, -0.2) is 4.98 Å². The fourth-order valence-corrected chi connectivity index (χ4v) is 3.70. The molecule has 1 fully saturated rings. The summed E-state index contributed by atoms with van der Waals surface area (Å²) in [5.41, 5.74) is 1.77. The largest absolute Gasteiger partial charge is 0.342 e. The number of carbonyl (C=O) groups excluding carboxylic acids is 1.